The van der Waals surface area contributed by atoms with E-state index in [2.05, 4.69) is 18.8 Å². The molecular weight excluding hydrogens is 199 g/mol. The molecule has 1 atom stereocenters. The summed E-state index contributed by atoms with van der Waals surface area (Å²) in [4.78, 5) is 0. The highest BCUT2D eigenvalue weighted by Crippen LogP contribution is 2.06. The summed E-state index contributed by atoms with van der Waals surface area (Å²) in [6, 6.07) is 9.99. The first-order valence-electron chi connectivity index (χ1n) is 5.99. The topological polar surface area (TPSA) is 0 Å². The zero-order valence-corrected chi connectivity index (χ0v) is 9.88. The molecule has 0 bridgehead atoms. The highest BCUT2D eigenvalue weighted by molar-refractivity contribution is 5.15. The molecule has 0 aliphatic carbocycles. The molecule has 0 nitrogen and oxygen atoms in total. The lowest BCUT2D eigenvalue weighted by molar-refractivity contribution is 0.390. The van der Waals surface area contributed by atoms with Crippen LogP contribution in [0.4, 0.5) is 4.39 Å². The Kier molecular flexibility index (Phi) is 6.33. The fourth-order valence-electron chi connectivity index (χ4n) is 1.46. The van der Waals surface area contributed by atoms with E-state index in [0.717, 1.165) is 25.7 Å². The van der Waals surface area contributed by atoms with E-state index in [4.69, 9.17) is 0 Å². The summed E-state index contributed by atoms with van der Waals surface area (Å²) in [6.45, 7) is 2.12. The second kappa shape index (κ2) is 7.93. The normalized spacial score (nSPS) is 11.6. The minimum Gasteiger partial charge on any atom is -0.233 e. The van der Waals surface area contributed by atoms with Crippen LogP contribution in [-0.4, -0.2) is 6.17 Å². The van der Waals surface area contributed by atoms with Crippen molar-refractivity contribution in [3.63, 3.8) is 0 Å². The van der Waals surface area contributed by atoms with Gasteiger partial charge < -0.3 is 0 Å². The molecule has 0 heterocycles. The van der Waals surface area contributed by atoms with Crippen molar-refractivity contribution in [3.8, 4) is 11.8 Å². The fourth-order valence-corrected chi connectivity index (χ4v) is 1.46. The average molecular weight is 218 g/mol. The summed E-state index contributed by atoms with van der Waals surface area (Å²) in [7, 11) is 0. The van der Waals surface area contributed by atoms with Gasteiger partial charge in [0.05, 0.1) is 0 Å². The molecule has 0 aliphatic rings. The van der Waals surface area contributed by atoms with E-state index in [-0.39, 0.29) is 0 Å². The van der Waals surface area contributed by atoms with E-state index in [1.807, 2.05) is 30.3 Å². The summed E-state index contributed by atoms with van der Waals surface area (Å²) >= 11 is 0. The van der Waals surface area contributed by atoms with Gasteiger partial charge in [0, 0.05) is 6.42 Å². The Morgan fingerprint density at radius 1 is 1.25 bits per heavy atom. The molecule has 1 unspecified atom stereocenters. The van der Waals surface area contributed by atoms with Crippen LogP contribution < -0.4 is 0 Å². The third kappa shape index (κ3) is 5.56. The maximum absolute atomic E-state index is 13.3. The first-order chi connectivity index (χ1) is 7.83. The third-order valence-electron chi connectivity index (χ3n) is 2.44. The van der Waals surface area contributed by atoms with E-state index in [9.17, 15) is 4.39 Å². The molecule has 0 fully saturated rings. The second-order valence-electron chi connectivity index (χ2n) is 3.92. The van der Waals surface area contributed by atoms with E-state index < -0.39 is 6.17 Å². The Labute approximate surface area is 97.9 Å². The Hall–Kier alpha value is -1.29. The van der Waals surface area contributed by atoms with E-state index in [1.54, 1.807) is 0 Å². The van der Waals surface area contributed by atoms with Gasteiger partial charge in [0.1, 0.15) is 0 Å². The van der Waals surface area contributed by atoms with Crippen LogP contribution in [0.5, 0.6) is 0 Å². The van der Waals surface area contributed by atoms with Gasteiger partial charge in [-0.15, -0.1) is 5.92 Å². The number of benzene rings is 1. The second-order valence-corrected chi connectivity index (χ2v) is 3.92. The molecule has 0 amide bonds. The molecule has 1 rings (SSSR count). The minimum atomic E-state index is -0.975. The molecule has 0 saturated heterocycles. The quantitative estimate of drug-likeness (QED) is 0.514. The molecule has 0 aromatic heterocycles. The van der Waals surface area contributed by atoms with Crippen molar-refractivity contribution in [2.45, 2.75) is 45.2 Å². The lowest BCUT2D eigenvalue weighted by Crippen LogP contribution is -1.98. The largest absolute Gasteiger partial charge is 0.233 e. The highest BCUT2D eigenvalue weighted by atomic mass is 19.1. The van der Waals surface area contributed by atoms with Crippen LogP contribution in [0.15, 0.2) is 30.3 Å². The predicted octanol–water partition coefficient (Wildman–Crippen LogP) is 4.15. The van der Waals surface area contributed by atoms with E-state index in [0.29, 0.717) is 6.42 Å². The number of alkyl halides is 1. The molecule has 0 aliphatic heterocycles. The van der Waals surface area contributed by atoms with Crippen LogP contribution >= 0.6 is 0 Å². The summed E-state index contributed by atoms with van der Waals surface area (Å²) in [6.07, 6.45) is 3.31. The minimum absolute atomic E-state index is 0.503. The summed E-state index contributed by atoms with van der Waals surface area (Å²) < 4.78 is 13.3. The summed E-state index contributed by atoms with van der Waals surface area (Å²) in [5, 5.41) is 0. The van der Waals surface area contributed by atoms with Gasteiger partial charge >= 0.3 is 0 Å². The van der Waals surface area contributed by atoms with Crippen molar-refractivity contribution >= 4 is 0 Å². The Bertz CT molecular complexity index is 331. The molecule has 86 valence electrons. The monoisotopic (exact) mass is 218 g/mol. The van der Waals surface area contributed by atoms with Gasteiger partial charge in [-0.2, -0.15) is 0 Å². The van der Waals surface area contributed by atoms with Crippen LogP contribution in [0, 0.1) is 11.8 Å². The number of hydrogen-bond donors (Lipinski definition) is 0. The van der Waals surface area contributed by atoms with Gasteiger partial charge in [0.15, 0.2) is 6.17 Å². The maximum atomic E-state index is 13.3. The van der Waals surface area contributed by atoms with Crippen molar-refractivity contribution in [1.82, 2.24) is 0 Å². The zero-order chi connectivity index (χ0) is 11.6. The van der Waals surface area contributed by atoms with Gasteiger partial charge in [-0.05, 0) is 24.8 Å². The molecular formula is C15H19F. The van der Waals surface area contributed by atoms with Crippen LogP contribution in [0.3, 0.4) is 0 Å². The van der Waals surface area contributed by atoms with Crippen molar-refractivity contribution < 1.29 is 4.39 Å². The van der Waals surface area contributed by atoms with Gasteiger partial charge in [0.25, 0.3) is 0 Å². The first kappa shape index (κ1) is 12.8. The first-order valence-corrected chi connectivity index (χ1v) is 5.99. The number of rotatable bonds is 5. The van der Waals surface area contributed by atoms with Crippen molar-refractivity contribution in [1.29, 1.82) is 0 Å². The van der Waals surface area contributed by atoms with Crippen molar-refractivity contribution in [3.05, 3.63) is 35.9 Å². The third-order valence-corrected chi connectivity index (χ3v) is 2.44. The molecule has 16 heavy (non-hydrogen) atoms. The lowest BCUT2D eigenvalue weighted by atomic mass is 10.1. The summed E-state index contributed by atoms with van der Waals surface area (Å²) in [5.41, 5.74) is 1.18. The summed E-state index contributed by atoms with van der Waals surface area (Å²) in [5.74, 6) is 5.57. The zero-order valence-electron chi connectivity index (χ0n) is 9.88. The average Bonchev–Trinajstić information content (AvgIpc) is 2.33. The van der Waals surface area contributed by atoms with Crippen molar-refractivity contribution in [2.75, 3.05) is 0 Å². The molecule has 1 aromatic carbocycles. The predicted molar refractivity (Wildman–Crippen MR) is 67.0 cm³/mol. The van der Waals surface area contributed by atoms with Crippen LogP contribution in [0.1, 0.15) is 38.2 Å². The smallest absolute Gasteiger partial charge is 0.161 e. The Morgan fingerprint density at radius 2 is 2.00 bits per heavy atom. The van der Waals surface area contributed by atoms with E-state index >= 15 is 0 Å². The highest BCUT2D eigenvalue weighted by Gasteiger charge is 2.01. The van der Waals surface area contributed by atoms with Crippen molar-refractivity contribution in [2.24, 2.45) is 0 Å². The Morgan fingerprint density at radius 3 is 2.69 bits per heavy atom. The van der Waals surface area contributed by atoms with E-state index in [1.165, 1.54) is 5.56 Å². The number of hydrogen-bond acceptors (Lipinski definition) is 0. The van der Waals surface area contributed by atoms with Gasteiger partial charge in [0.2, 0.25) is 0 Å². The Balaban J connectivity index is 2.24. The van der Waals surface area contributed by atoms with Crippen LogP contribution in [0.2, 0.25) is 0 Å². The molecule has 1 heteroatoms. The molecule has 0 saturated carbocycles. The molecule has 0 radical (unpaired) electrons. The number of unbranched alkanes of at least 4 members (excludes halogenated alkanes) is 2. The van der Waals surface area contributed by atoms with Crippen LogP contribution in [-0.2, 0) is 6.42 Å². The molecule has 1 aromatic rings. The molecule has 0 N–H and O–H groups in total. The molecule has 0 spiro atoms. The van der Waals surface area contributed by atoms with Crippen LogP contribution in [0.25, 0.3) is 0 Å². The van der Waals surface area contributed by atoms with Gasteiger partial charge in [-0.1, -0.05) is 49.6 Å². The van der Waals surface area contributed by atoms with Gasteiger partial charge in [-0.25, -0.2) is 4.39 Å². The number of aryl methyl sites for hydroxylation is 1. The lowest BCUT2D eigenvalue weighted by Gasteiger charge is -2.01. The number of halogens is 1. The fraction of sp³-hybridized carbons (Fsp3) is 0.467. The standard InChI is InChI=1S/C15H19F/c1-2-3-4-8-11-15(16)13-12-14-9-6-5-7-10-14/h5-7,9-10,15H,2-4,12-13H2,1H3. The van der Waals surface area contributed by atoms with Gasteiger partial charge in [-0.3, -0.25) is 0 Å². The maximum Gasteiger partial charge on any atom is 0.161 e. The SMILES string of the molecule is CCCCC#CC(F)CCc1ccccc1.